The molecule has 0 aliphatic carbocycles. The van der Waals surface area contributed by atoms with Crippen molar-refractivity contribution in [2.45, 2.75) is 18.9 Å². The summed E-state index contributed by atoms with van der Waals surface area (Å²) in [6, 6.07) is 4.69. The van der Waals surface area contributed by atoms with Gasteiger partial charge in [0.15, 0.2) is 4.77 Å². The number of aromatic nitrogens is 2. The minimum Gasteiger partial charge on any atom is -0.494 e. The number of hydrogen-bond acceptors (Lipinski definition) is 2. The third-order valence-electron chi connectivity index (χ3n) is 2.68. The maximum atomic E-state index is 13.1. The van der Waals surface area contributed by atoms with Gasteiger partial charge in [0.05, 0.1) is 19.2 Å². The lowest BCUT2D eigenvalue weighted by atomic mass is 10.2. The zero-order chi connectivity index (χ0) is 14.2. The van der Waals surface area contributed by atoms with Crippen LogP contribution >= 0.6 is 12.2 Å². The predicted molar refractivity (Wildman–Crippen MR) is 64.6 cm³/mol. The summed E-state index contributed by atoms with van der Waals surface area (Å²) in [5.41, 5.74) is 0.699. The maximum Gasteiger partial charge on any atom is 0.324 e. The molecule has 0 bridgehead atoms. The summed E-state index contributed by atoms with van der Waals surface area (Å²) in [5.74, 6) is -3.74. The monoisotopic (exact) mass is 294 g/mol. The molecule has 19 heavy (non-hydrogen) atoms. The van der Waals surface area contributed by atoms with Gasteiger partial charge in [0, 0.05) is 0 Å². The number of nitrogens with zero attached hydrogens (tertiary/aromatic N) is 1. The first-order valence-electron chi connectivity index (χ1n) is 5.28. The number of methoxy groups -OCH3 is 1. The van der Waals surface area contributed by atoms with Crippen molar-refractivity contribution in [1.29, 1.82) is 0 Å². The van der Waals surface area contributed by atoms with E-state index >= 15 is 0 Å². The average molecular weight is 294 g/mol. The summed E-state index contributed by atoms with van der Waals surface area (Å²) in [4.78, 5) is 2.68. The van der Waals surface area contributed by atoms with Crippen LogP contribution in [0.15, 0.2) is 18.2 Å². The Hall–Kier alpha value is -1.57. The molecule has 0 atom stereocenters. The van der Waals surface area contributed by atoms with Crippen LogP contribution in [0.5, 0.6) is 5.75 Å². The first-order chi connectivity index (χ1) is 8.86. The fraction of sp³-hybridized carbons (Fsp3) is 0.364. The zero-order valence-electron chi connectivity index (χ0n) is 9.79. The van der Waals surface area contributed by atoms with Crippen LogP contribution in [-0.4, -0.2) is 29.0 Å². The number of halogens is 4. The third-order valence-corrected chi connectivity index (χ3v) is 3.00. The van der Waals surface area contributed by atoms with Crippen molar-refractivity contribution in [3.8, 4) is 5.75 Å². The van der Waals surface area contributed by atoms with Crippen molar-refractivity contribution in [3.63, 3.8) is 0 Å². The Morgan fingerprint density at radius 3 is 2.68 bits per heavy atom. The summed E-state index contributed by atoms with van der Waals surface area (Å²) in [7, 11) is 1.41. The van der Waals surface area contributed by atoms with E-state index < -0.39 is 18.9 Å². The Morgan fingerprint density at radius 1 is 1.42 bits per heavy atom. The van der Waals surface area contributed by atoms with E-state index in [1.54, 1.807) is 12.1 Å². The van der Waals surface area contributed by atoms with Gasteiger partial charge in [-0.05, 0) is 24.4 Å². The molecule has 104 valence electrons. The van der Waals surface area contributed by atoms with E-state index in [9.17, 15) is 17.6 Å². The molecule has 0 radical (unpaired) electrons. The van der Waals surface area contributed by atoms with Gasteiger partial charge < -0.3 is 14.3 Å². The van der Waals surface area contributed by atoms with E-state index in [-0.39, 0.29) is 4.77 Å². The number of nitrogens with one attached hydrogen (secondary N) is 1. The second-order valence-electron chi connectivity index (χ2n) is 3.93. The fourth-order valence-corrected chi connectivity index (χ4v) is 2.03. The molecule has 0 saturated heterocycles. The van der Waals surface area contributed by atoms with E-state index in [1.165, 1.54) is 13.2 Å². The second kappa shape index (κ2) is 4.84. The molecule has 0 unspecified atom stereocenters. The van der Waals surface area contributed by atoms with Crippen LogP contribution in [0.2, 0.25) is 0 Å². The summed E-state index contributed by atoms with van der Waals surface area (Å²) < 4.78 is 56.7. The Morgan fingerprint density at radius 2 is 2.11 bits per heavy atom. The van der Waals surface area contributed by atoms with Crippen molar-refractivity contribution in [2.75, 3.05) is 7.11 Å². The predicted octanol–water partition coefficient (Wildman–Crippen LogP) is 3.61. The molecule has 0 spiro atoms. The molecule has 2 aromatic rings. The van der Waals surface area contributed by atoms with Crippen molar-refractivity contribution >= 4 is 23.3 Å². The maximum absolute atomic E-state index is 13.1. The normalized spacial score (nSPS) is 12.3. The van der Waals surface area contributed by atoms with E-state index in [4.69, 9.17) is 17.0 Å². The number of ether oxygens (including phenoxy) is 1. The number of benzene rings is 1. The minimum atomic E-state index is -4.14. The first kappa shape index (κ1) is 13.9. The van der Waals surface area contributed by atoms with E-state index in [2.05, 4.69) is 4.98 Å². The third kappa shape index (κ3) is 2.44. The molecule has 8 heteroatoms. The Kier molecular flexibility index (Phi) is 3.53. The van der Waals surface area contributed by atoms with Crippen LogP contribution in [0, 0.1) is 4.77 Å². The van der Waals surface area contributed by atoms with Crippen molar-refractivity contribution in [2.24, 2.45) is 0 Å². The highest BCUT2D eigenvalue weighted by Crippen LogP contribution is 2.29. The number of rotatable bonds is 4. The highest BCUT2D eigenvalue weighted by molar-refractivity contribution is 7.71. The molecule has 0 aliphatic heterocycles. The van der Waals surface area contributed by atoms with E-state index in [0.717, 1.165) is 4.57 Å². The van der Waals surface area contributed by atoms with Gasteiger partial charge in [-0.1, -0.05) is 6.07 Å². The molecular weight excluding hydrogens is 284 g/mol. The molecule has 2 rings (SSSR count). The van der Waals surface area contributed by atoms with Gasteiger partial charge in [0.1, 0.15) is 11.3 Å². The summed E-state index contributed by atoms with van der Waals surface area (Å²) in [5, 5.41) is 0. The lowest BCUT2D eigenvalue weighted by molar-refractivity contribution is -0.137. The van der Waals surface area contributed by atoms with Gasteiger partial charge in [-0.25, -0.2) is 8.78 Å². The van der Waals surface area contributed by atoms with Crippen LogP contribution in [-0.2, 0) is 6.54 Å². The Labute approximate surface area is 110 Å². The van der Waals surface area contributed by atoms with Gasteiger partial charge in [-0.3, -0.25) is 0 Å². The number of aromatic amines is 1. The SMILES string of the molecule is COc1cccc2c1[nH]c(=S)n2CC(F)(F)C(F)F. The molecule has 1 N–H and O–H groups in total. The molecular formula is C11H10F4N2OS. The molecule has 1 aromatic heterocycles. The van der Waals surface area contributed by atoms with Crippen LogP contribution in [0.4, 0.5) is 17.6 Å². The van der Waals surface area contributed by atoms with Crippen molar-refractivity contribution < 1.29 is 22.3 Å². The molecule has 1 aromatic carbocycles. The van der Waals surface area contributed by atoms with Crippen molar-refractivity contribution in [3.05, 3.63) is 23.0 Å². The quantitative estimate of drug-likeness (QED) is 0.689. The molecule has 0 saturated carbocycles. The van der Waals surface area contributed by atoms with Gasteiger partial charge in [-0.2, -0.15) is 8.78 Å². The fourth-order valence-electron chi connectivity index (χ4n) is 1.76. The highest BCUT2D eigenvalue weighted by atomic mass is 32.1. The van der Waals surface area contributed by atoms with E-state index in [1.807, 2.05) is 0 Å². The number of fused-ring (bicyclic) bond motifs is 1. The molecule has 1 heterocycles. The number of imidazole rings is 1. The number of para-hydroxylation sites is 1. The largest absolute Gasteiger partial charge is 0.494 e. The Bertz CT molecular complexity index is 650. The lowest BCUT2D eigenvalue weighted by Crippen LogP contribution is -2.32. The number of H-pyrrole nitrogens is 1. The van der Waals surface area contributed by atoms with Crippen LogP contribution in [0.25, 0.3) is 11.0 Å². The topological polar surface area (TPSA) is 29.9 Å². The van der Waals surface area contributed by atoms with Crippen LogP contribution in [0.3, 0.4) is 0 Å². The smallest absolute Gasteiger partial charge is 0.324 e. The van der Waals surface area contributed by atoms with Gasteiger partial charge in [0.2, 0.25) is 0 Å². The zero-order valence-corrected chi connectivity index (χ0v) is 10.6. The lowest BCUT2D eigenvalue weighted by Gasteiger charge is -2.16. The van der Waals surface area contributed by atoms with Crippen LogP contribution in [0.1, 0.15) is 0 Å². The van der Waals surface area contributed by atoms with Gasteiger partial charge in [0.25, 0.3) is 0 Å². The van der Waals surface area contributed by atoms with Crippen LogP contribution < -0.4 is 4.74 Å². The first-order valence-corrected chi connectivity index (χ1v) is 5.69. The summed E-state index contributed by atoms with van der Waals surface area (Å²) >= 11 is 4.89. The Balaban J connectivity index is 2.56. The standard InChI is InChI=1S/C11H10F4N2OS/c1-18-7-4-2-3-6-8(7)16-10(19)17(6)5-11(14,15)9(12)13/h2-4,9H,5H2,1H3,(H,16,19). The number of alkyl halides is 4. The van der Waals surface area contributed by atoms with Gasteiger partial charge >= 0.3 is 12.3 Å². The number of hydrogen-bond donors (Lipinski definition) is 1. The summed E-state index contributed by atoms with van der Waals surface area (Å²) in [6.07, 6.45) is -3.75. The van der Waals surface area contributed by atoms with Crippen molar-refractivity contribution in [1.82, 2.24) is 9.55 Å². The second-order valence-corrected chi connectivity index (χ2v) is 4.32. The summed E-state index contributed by atoms with van der Waals surface area (Å²) in [6.45, 7) is -1.18. The molecule has 0 fully saturated rings. The molecule has 3 nitrogen and oxygen atoms in total. The van der Waals surface area contributed by atoms with Gasteiger partial charge in [-0.15, -0.1) is 0 Å². The minimum absolute atomic E-state index is 0.0557. The molecule has 0 amide bonds. The van der Waals surface area contributed by atoms with E-state index in [0.29, 0.717) is 16.8 Å². The molecule has 0 aliphatic rings. The average Bonchev–Trinajstić information content (AvgIpc) is 2.65. The highest BCUT2D eigenvalue weighted by Gasteiger charge is 2.41.